The Kier molecular flexibility index (Phi) is 7.30. The first-order valence-electron chi connectivity index (χ1n) is 8.40. The predicted molar refractivity (Wildman–Crippen MR) is 94.5 cm³/mol. The molecule has 0 heterocycles. The molecule has 2 rings (SSSR count). The Hall–Kier alpha value is -2.33. The third-order valence-corrected chi connectivity index (χ3v) is 3.76. The molecule has 0 saturated carbocycles. The summed E-state index contributed by atoms with van der Waals surface area (Å²) in [7, 11) is 0. The van der Waals surface area contributed by atoms with Crippen molar-refractivity contribution in [1.82, 2.24) is 5.32 Å². The van der Waals surface area contributed by atoms with Gasteiger partial charge >= 0.3 is 6.09 Å². The van der Waals surface area contributed by atoms with Crippen molar-refractivity contribution in [2.45, 2.75) is 45.4 Å². The quantitative estimate of drug-likeness (QED) is 0.720. The molecule has 0 aliphatic carbocycles. The van der Waals surface area contributed by atoms with Gasteiger partial charge in [-0.05, 0) is 36.0 Å². The van der Waals surface area contributed by atoms with E-state index in [0.29, 0.717) is 6.42 Å². The molecule has 2 aromatic rings. The molecule has 24 heavy (non-hydrogen) atoms. The first kappa shape index (κ1) is 18.0. The molecule has 0 radical (unpaired) electrons. The maximum absolute atomic E-state index is 11.6. The van der Waals surface area contributed by atoms with E-state index in [1.807, 2.05) is 49.4 Å². The molecule has 0 spiro atoms. The van der Waals surface area contributed by atoms with Crippen LogP contribution in [0.15, 0.2) is 54.6 Å². The first-order chi connectivity index (χ1) is 11.7. The Labute approximate surface area is 143 Å². The number of nitrogens with one attached hydrogen (secondary N) is 1. The molecule has 2 N–H and O–H groups in total. The second-order valence-corrected chi connectivity index (χ2v) is 5.86. The minimum atomic E-state index is -0.842. The zero-order valence-corrected chi connectivity index (χ0v) is 14.1. The SMILES string of the molecule is CCCCC(O)NC(=O)OCc1ccc(Cc2ccccc2)cc1. The summed E-state index contributed by atoms with van der Waals surface area (Å²) < 4.78 is 5.13. The van der Waals surface area contributed by atoms with Gasteiger partial charge in [0, 0.05) is 0 Å². The summed E-state index contributed by atoms with van der Waals surface area (Å²) in [6.45, 7) is 2.23. The molecule has 0 bridgehead atoms. The van der Waals surface area contributed by atoms with Crippen LogP contribution in [0.25, 0.3) is 0 Å². The highest BCUT2D eigenvalue weighted by molar-refractivity contribution is 5.67. The summed E-state index contributed by atoms with van der Waals surface area (Å²) in [5, 5.41) is 12.0. The molecule has 4 nitrogen and oxygen atoms in total. The van der Waals surface area contributed by atoms with Crippen molar-refractivity contribution in [3.8, 4) is 0 Å². The molecule has 128 valence electrons. The number of aliphatic hydroxyl groups is 1. The van der Waals surface area contributed by atoms with Crippen molar-refractivity contribution < 1.29 is 14.6 Å². The summed E-state index contributed by atoms with van der Waals surface area (Å²) >= 11 is 0. The lowest BCUT2D eigenvalue weighted by molar-refractivity contribution is 0.0893. The summed E-state index contributed by atoms with van der Waals surface area (Å²) in [5.74, 6) is 0. The van der Waals surface area contributed by atoms with Gasteiger partial charge < -0.3 is 9.84 Å². The number of hydrogen-bond donors (Lipinski definition) is 2. The molecule has 0 aliphatic heterocycles. The molecule has 0 aliphatic rings. The van der Waals surface area contributed by atoms with Crippen molar-refractivity contribution in [2.24, 2.45) is 0 Å². The van der Waals surface area contributed by atoms with E-state index in [1.165, 1.54) is 11.1 Å². The van der Waals surface area contributed by atoms with Gasteiger partial charge in [0.25, 0.3) is 0 Å². The zero-order chi connectivity index (χ0) is 17.2. The number of carbonyl (C=O) groups is 1. The van der Waals surface area contributed by atoms with Crippen LogP contribution in [0.1, 0.15) is 42.9 Å². The van der Waals surface area contributed by atoms with Crippen LogP contribution in [0.4, 0.5) is 4.79 Å². The van der Waals surface area contributed by atoms with E-state index in [4.69, 9.17) is 4.74 Å². The molecular weight excluding hydrogens is 302 g/mol. The average Bonchev–Trinajstić information content (AvgIpc) is 2.60. The van der Waals surface area contributed by atoms with Gasteiger partial charge in [-0.3, -0.25) is 5.32 Å². The van der Waals surface area contributed by atoms with E-state index < -0.39 is 12.3 Å². The molecule has 0 saturated heterocycles. The standard InChI is InChI=1S/C20H25NO3/c1-2-3-9-19(22)21-20(23)24-15-18-12-10-17(11-13-18)14-16-7-5-4-6-8-16/h4-8,10-13,19,22H,2-3,9,14-15H2,1H3,(H,21,23). The van der Waals surface area contributed by atoms with Gasteiger partial charge in [0.15, 0.2) is 0 Å². The fraction of sp³-hybridized carbons (Fsp3) is 0.350. The molecule has 1 atom stereocenters. The Balaban J connectivity index is 1.76. The van der Waals surface area contributed by atoms with Crippen LogP contribution >= 0.6 is 0 Å². The Morgan fingerprint density at radius 3 is 2.33 bits per heavy atom. The third-order valence-electron chi connectivity index (χ3n) is 3.76. The largest absolute Gasteiger partial charge is 0.445 e. The van der Waals surface area contributed by atoms with E-state index in [-0.39, 0.29) is 6.61 Å². The Morgan fingerprint density at radius 1 is 1.04 bits per heavy atom. The number of carbonyl (C=O) groups excluding carboxylic acids is 1. The highest BCUT2D eigenvalue weighted by atomic mass is 16.6. The van der Waals surface area contributed by atoms with Crippen LogP contribution in [0.2, 0.25) is 0 Å². The lowest BCUT2D eigenvalue weighted by Crippen LogP contribution is -2.34. The summed E-state index contributed by atoms with van der Waals surface area (Å²) in [4.78, 5) is 11.6. The number of rotatable bonds is 8. The normalized spacial score (nSPS) is 11.8. The maximum atomic E-state index is 11.6. The van der Waals surface area contributed by atoms with E-state index >= 15 is 0 Å². The minimum Gasteiger partial charge on any atom is -0.445 e. The number of hydrogen-bond acceptors (Lipinski definition) is 3. The molecular formula is C20H25NO3. The second-order valence-electron chi connectivity index (χ2n) is 5.86. The summed E-state index contributed by atoms with van der Waals surface area (Å²) in [6.07, 6.45) is 1.83. The van der Waals surface area contributed by atoms with Crippen molar-refractivity contribution in [2.75, 3.05) is 0 Å². The molecule has 2 aromatic carbocycles. The molecule has 1 unspecified atom stereocenters. The molecule has 0 fully saturated rings. The lowest BCUT2D eigenvalue weighted by Gasteiger charge is -2.12. The van der Waals surface area contributed by atoms with Crippen molar-refractivity contribution in [3.63, 3.8) is 0 Å². The van der Waals surface area contributed by atoms with Crippen LogP contribution in [0, 0.1) is 0 Å². The number of ether oxygens (including phenoxy) is 1. The molecule has 4 heteroatoms. The second kappa shape index (κ2) is 9.73. The monoisotopic (exact) mass is 327 g/mol. The maximum Gasteiger partial charge on any atom is 0.409 e. The van der Waals surface area contributed by atoms with Crippen LogP contribution in [-0.2, 0) is 17.8 Å². The van der Waals surface area contributed by atoms with Gasteiger partial charge in [-0.2, -0.15) is 0 Å². The van der Waals surface area contributed by atoms with Gasteiger partial charge in [-0.15, -0.1) is 0 Å². The van der Waals surface area contributed by atoms with Crippen molar-refractivity contribution in [3.05, 3.63) is 71.3 Å². The van der Waals surface area contributed by atoms with Gasteiger partial charge in [-0.1, -0.05) is 67.9 Å². The fourth-order valence-corrected chi connectivity index (χ4v) is 2.38. The predicted octanol–water partition coefficient (Wildman–Crippen LogP) is 4.01. The highest BCUT2D eigenvalue weighted by Crippen LogP contribution is 2.11. The van der Waals surface area contributed by atoms with Crippen LogP contribution in [0.5, 0.6) is 0 Å². The topological polar surface area (TPSA) is 58.6 Å². The fourth-order valence-electron chi connectivity index (χ4n) is 2.38. The summed E-state index contributed by atoms with van der Waals surface area (Å²) in [6, 6.07) is 18.3. The van der Waals surface area contributed by atoms with Gasteiger partial charge in [0.05, 0.1) is 0 Å². The average molecular weight is 327 g/mol. The Bertz CT molecular complexity index is 611. The van der Waals surface area contributed by atoms with Crippen LogP contribution in [0.3, 0.4) is 0 Å². The lowest BCUT2D eigenvalue weighted by atomic mass is 10.0. The first-order valence-corrected chi connectivity index (χ1v) is 8.40. The van der Waals surface area contributed by atoms with Crippen LogP contribution < -0.4 is 5.32 Å². The van der Waals surface area contributed by atoms with Gasteiger partial charge in [0.2, 0.25) is 0 Å². The van der Waals surface area contributed by atoms with E-state index in [9.17, 15) is 9.90 Å². The van der Waals surface area contributed by atoms with Gasteiger partial charge in [-0.25, -0.2) is 4.79 Å². The number of amides is 1. The van der Waals surface area contributed by atoms with Crippen LogP contribution in [-0.4, -0.2) is 17.4 Å². The smallest absolute Gasteiger partial charge is 0.409 e. The van der Waals surface area contributed by atoms with E-state index in [2.05, 4.69) is 17.4 Å². The molecule has 0 aromatic heterocycles. The number of unbranched alkanes of at least 4 members (excludes halogenated alkanes) is 1. The Morgan fingerprint density at radius 2 is 1.67 bits per heavy atom. The summed E-state index contributed by atoms with van der Waals surface area (Å²) in [5.41, 5.74) is 3.40. The minimum absolute atomic E-state index is 0.192. The highest BCUT2D eigenvalue weighted by Gasteiger charge is 2.09. The van der Waals surface area contributed by atoms with E-state index in [1.54, 1.807) is 0 Å². The number of aliphatic hydroxyl groups excluding tert-OH is 1. The van der Waals surface area contributed by atoms with Crippen molar-refractivity contribution >= 4 is 6.09 Å². The zero-order valence-electron chi connectivity index (χ0n) is 14.1. The van der Waals surface area contributed by atoms with E-state index in [0.717, 1.165) is 24.8 Å². The van der Waals surface area contributed by atoms with Crippen molar-refractivity contribution in [1.29, 1.82) is 0 Å². The third kappa shape index (κ3) is 6.42. The number of benzene rings is 2. The van der Waals surface area contributed by atoms with Gasteiger partial charge in [0.1, 0.15) is 12.8 Å². The number of alkyl carbamates (subject to hydrolysis) is 1. The molecule has 1 amide bonds.